The average molecular weight is 127 g/mol. The van der Waals surface area contributed by atoms with Crippen LogP contribution in [0.3, 0.4) is 0 Å². The third-order valence-electron chi connectivity index (χ3n) is 2.64. The Morgan fingerprint density at radius 2 is 1.78 bits per heavy atom. The van der Waals surface area contributed by atoms with Crippen LogP contribution in [0.2, 0.25) is 0 Å². The van der Waals surface area contributed by atoms with Crippen molar-refractivity contribution in [1.29, 1.82) is 0 Å². The third kappa shape index (κ3) is 1.68. The summed E-state index contributed by atoms with van der Waals surface area (Å²) in [6.07, 6.45) is 3.81. The van der Waals surface area contributed by atoms with Crippen molar-refractivity contribution in [1.82, 2.24) is 0 Å². The van der Waals surface area contributed by atoms with E-state index in [-0.39, 0.29) is 0 Å². The van der Waals surface area contributed by atoms with Crippen LogP contribution in [-0.4, -0.2) is 6.04 Å². The van der Waals surface area contributed by atoms with Crippen molar-refractivity contribution < 1.29 is 0 Å². The number of hydrogen-bond acceptors (Lipinski definition) is 1. The molecule has 0 amide bonds. The van der Waals surface area contributed by atoms with Gasteiger partial charge in [-0.25, -0.2) is 0 Å². The Bertz CT molecular complexity index is 90.6. The Hall–Kier alpha value is -0.0400. The van der Waals surface area contributed by atoms with Crippen LogP contribution in [0.15, 0.2) is 0 Å². The first-order valence-corrected chi connectivity index (χ1v) is 3.95. The summed E-state index contributed by atoms with van der Waals surface area (Å²) in [5.74, 6) is 1.76. The molecular weight excluding hydrogens is 110 g/mol. The summed E-state index contributed by atoms with van der Waals surface area (Å²) in [4.78, 5) is 0. The van der Waals surface area contributed by atoms with Crippen LogP contribution < -0.4 is 5.73 Å². The maximum absolute atomic E-state index is 5.79. The monoisotopic (exact) mass is 127 g/mol. The minimum Gasteiger partial charge on any atom is -0.328 e. The fraction of sp³-hybridized carbons (Fsp3) is 1.00. The second kappa shape index (κ2) is 2.70. The Kier molecular flexibility index (Phi) is 2.12. The third-order valence-corrected chi connectivity index (χ3v) is 2.64. The van der Waals surface area contributed by atoms with E-state index in [0.717, 1.165) is 11.8 Å². The summed E-state index contributed by atoms with van der Waals surface area (Å²) in [7, 11) is 0. The van der Waals surface area contributed by atoms with Crippen molar-refractivity contribution in [2.45, 2.75) is 39.2 Å². The first-order valence-electron chi connectivity index (χ1n) is 3.95. The molecule has 3 atom stereocenters. The number of nitrogens with two attached hydrogens (primary N) is 1. The van der Waals surface area contributed by atoms with Crippen molar-refractivity contribution in [2.24, 2.45) is 17.6 Å². The Labute approximate surface area is 57.6 Å². The van der Waals surface area contributed by atoms with Crippen molar-refractivity contribution in [2.75, 3.05) is 0 Å². The summed E-state index contributed by atoms with van der Waals surface area (Å²) in [5.41, 5.74) is 5.79. The zero-order valence-electron chi connectivity index (χ0n) is 6.43. The first-order chi connectivity index (χ1) is 4.20. The zero-order chi connectivity index (χ0) is 6.85. The van der Waals surface area contributed by atoms with E-state index < -0.39 is 0 Å². The minimum absolute atomic E-state index is 0.496. The van der Waals surface area contributed by atoms with Gasteiger partial charge in [-0.05, 0) is 31.1 Å². The van der Waals surface area contributed by atoms with Crippen molar-refractivity contribution in [3.63, 3.8) is 0 Å². The molecule has 1 nitrogen and oxygen atoms in total. The van der Waals surface area contributed by atoms with E-state index in [0.29, 0.717) is 6.04 Å². The van der Waals surface area contributed by atoms with Gasteiger partial charge in [-0.3, -0.25) is 0 Å². The SMILES string of the molecule is C[C@@H]1CC[C@@H](N)C[C@H]1C. The van der Waals surface area contributed by atoms with Gasteiger partial charge in [0.1, 0.15) is 0 Å². The van der Waals surface area contributed by atoms with E-state index in [4.69, 9.17) is 5.73 Å². The smallest absolute Gasteiger partial charge is 0.00415 e. The zero-order valence-corrected chi connectivity index (χ0v) is 6.43. The van der Waals surface area contributed by atoms with Gasteiger partial charge in [0.2, 0.25) is 0 Å². The fourth-order valence-electron chi connectivity index (χ4n) is 1.59. The Balaban J connectivity index is 2.35. The highest BCUT2D eigenvalue weighted by Crippen LogP contribution is 2.27. The lowest BCUT2D eigenvalue weighted by Crippen LogP contribution is -2.30. The number of hydrogen-bond donors (Lipinski definition) is 1. The fourth-order valence-corrected chi connectivity index (χ4v) is 1.59. The molecule has 1 aliphatic carbocycles. The molecule has 0 bridgehead atoms. The Morgan fingerprint density at radius 3 is 2.22 bits per heavy atom. The van der Waals surface area contributed by atoms with Crippen molar-refractivity contribution in [3.8, 4) is 0 Å². The molecule has 0 aromatic heterocycles. The van der Waals surface area contributed by atoms with Gasteiger partial charge in [0.25, 0.3) is 0 Å². The molecular formula is C8H17N. The van der Waals surface area contributed by atoms with Crippen molar-refractivity contribution >= 4 is 0 Å². The molecule has 0 heterocycles. The molecule has 0 aromatic rings. The highest BCUT2D eigenvalue weighted by Gasteiger charge is 2.21. The molecule has 1 heteroatoms. The standard InChI is InChI=1S/C8H17N/c1-6-3-4-8(9)5-7(6)2/h6-8H,3-5,9H2,1-2H3/t6-,7-,8-/m1/s1. The lowest BCUT2D eigenvalue weighted by molar-refractivity contribution is 0.251. The molecule has 1 fully saturated rings. The van der Waals surface area contributed by atoms with Crippen LogP contribution >= 0.6 is 0 Å². The summed E-state index contributed by atoms with van der Waals surface area (Å²) in [5, 5.41) is 0. The topological polar surface area (TPSA) is 26.0 Å². The molecule has 0 aromatic carbocycles. The molecule has 1 rings (SSSR count). The lowest BCUT2D eigenvalue weighted by Gasteiger charge is -2.29. The summed E-state index contributed by atoms with van der Waals surface area (Å²) >= 11 is 0. The van der Waals surface area contributed by atoms with Gasteiger partial charge in [0, 0.05) is 6.04 Å². The van der Waals surface area contributed by atoms with E-state index >= 15 is 0 Å². The molecule has 0 radical (unpaired) electrons. The van der Waals surface area contributed by atoms with Crippen LogP contribution in [0.1, 0.15) is 33.1 Å². The summed E-state index contributed by atoms with van der Waals surface area (Å²) < 4.78 is 0. The normalized spacial score (nSPS) is 45.0. The van der Waals surface area contributed by atoms with E-state index in [1.54, 1.807) is 0 Å². The van der Waals surface area contributed by atoms with Gasteiger partial charge in [-0.1, -0.05) is 13.8 Å². The van der Waals surface area contributed by atoms with Gasteiger partial charge in [0.05, 0.1) is 0 Å². The lowest BCUT2D eigenvalue weighted by atomic mass is 9.79. The van der Waals surface area contributed by atoms with E-state index in [1.807, 2.05) is 0 Å². The molecule has 54 valence electrons. The molecule has 1 saturated carbocycles. The maximum atomic E-state index is 5.79. The molecule has 0 saturated heterocycles. The average Bonchev–Trinajstić information content (AvgIpc) is 1.80. The van der Waals surface area contributed by atoms with E-state index in [2.05, 4.69) is 13.8 Å². The second-order valence-electron chi connectivity index (χ2n) is 3.53. The predicted octanol–water partition coefficient (Wildman–Crippen LogP) is 1.77. The van der Waals surface area contributed by atoms with E-state index in [9.17, 15) is 0 Å². The van der Waals surface area contributed by atoms with Gasteiger partial charge >= 0.3 is 0 Å². The van der Waals surface area contributed by atoms with Crippen LogP contribution in [0.5, 0.6) is 0 Å². The molecule has 0 spiro atoms. The van der Waals surface area contributed by atoms with E-state index in [1.165, 1.54) is 19.3 Å². The largest absolute Gasteiger partial charge is 0.328 e. The molecule has 0 aliphatic heterocycles. The summed E-state index contributed by atoms with van der Waals surface area (Å²) in [6.45, 7) is 4.64. The van der Waals surface area contributed by atoms with Gasteiger partial charge in [0.15, 0.2) is 0 Å². The van der Waals surface area contributed by atoms with Gasteiger partial charge in [-0.2, -0.15) is 0 Å². The van der Waals surface area contributed by atoms with Gasteiger partial charge < -0.3 is 5.73 Å². The maximum Gasteiger partial charge on any atom is 0.00415 e. The molecule has 9 heavy (non-hydrogen) atoms. The van der Waals surface area contributed by atoms with Gasteiger partial charge in [-0.15, -0.1) is 0 Å². The van der Waals surface area contributed by atoms with Crippen molar-refractivity contribution in [3.05, 3.63) is 0 Å². The van der Waals surface area contributed by atoms with Crippen LogP contribution in [-0.2, 0) is 0 Å². The Morgan fingerprint density at radius 1 is 1.11 bits per heavy atom. The first kappa shape index (κ1) is 7.07. The quantitative estimate of drug-likeness (QED) is 0.527. The number of rotatable bonds is 0. The highest BCUT2D eigenvalue weighted by atomic mass is 14.6. The summed E-state index contributed by atoms with van der Waals surface area (Å²) in [6, 6.07) is 0.496. The molecule has 2 N–H and O–H groups in total. The van der Waals surface area contributed by atoms with Crippen LogP contribution in [0.4, 0.5) is 0 Å². The van der Waals surface area contributed by atoms with Crippen LogP contribution in [0, 0.1) is 11.8 Å². The predicted molar refractivity (Wildman–Crippen MR) is 40.2 cm³/mol. The molecule has 1 aliphatic rings. The molecule has 0 unspecified atom stereocenters. The second-order valence-corrected chi connectivity index (χ2v) is 3.53. The van der Waals surface area contributed by atoms with Crippen LogP contribution in [0.25, 0.3) is 0 Å². The highest BCUT2D eigenvalue weighted by molar-refractivity contribution is 4.76. The minimum atomic E-state index is 0.496.